The standard InChI is InChI=1S/C14H17BrN2O2/c15-13-5-1-3-10-8-17(6-2-4-12(10)13)9-11-7-16-14(18)19-11/h1,3,5,11H,2,4,6-9H2,(H,16,18). The molecule has 0 aromatic heterocycles. The summed E-state index contributed by atoms with van der Waals surface area (Å²) in [5, 5.41) is 2.71. The van der Waals surface area contributed by atoms with Crippen LogP contribution in [0.3, 0.4) is 0 Å². The number of carbonyl (C=O) groups excluding carboxylic acids is 1. The summed E-state index contributed by atoms with van der Waals surface area (Å²) in [5.74, 6) is 0. The largest absolute Gasteiger partial charge is 0.443 e. The van der Waals surface area contributed by atoms with Gasteiger partial charge in [0.2, 0.25) is 0 Å². The van der Waals surface area contributed by atoms with Crippen molar-refractivity contribution in [3.05, 3.63) is 33.8 Å². The number of fused-ring (bicyclic) bond motifs is 1. The summed E-state index contributed by atoms with van der Waals surface area (Å²) in [6.45, 7) is 3.42. The number of benzene rings is 1. The summed E-state index contributed by atoms with van der Waals surface area (Å²) in [7, 11) is 0. The highest BCUT2D eigenvalue weighted by atomic mass is 79.9. The first kappa shape index (κ1) is 12.9. The minimum atomic E-state index is -0.289. The minimum Gasteiger partial charge on any atom is -0.443 e. The van der Waals surface area contributed by atoms with Crippen molar-refractivity contribution in [3.8, 4) is 0 Å². The number of nitrogens with zero attached hydrogens (tertiary/aromatic N) is 1. The number of cyclic esters (lactones) is 1. The topological polar surface area (TPSA) is 41.6 Å². The Hall–Kier alpha value is -1.07. The van der Waals surface area contributed by atoms with Gasteiger partial charge in [0.25, 0.3) is 0 Å². The van der Waals surface area contributed by atoms with Crippen LogP contribution >= 0.6 is 15.9 Å². The minimum absolute atomic E-state index is 0.0128. The summed E-state index contributed by atoms with van der Waals surface area (Å²) in [4.78, 5) is 13.4. The van der Waals surface area contributed by atoms with Crippen LogP contribution in [0.5, 0.6) is 0 Å². The monoisotopic (exact) mass is 324 g/mol. The lowest BCUT2D eigenvalue weighted by molar-refractivity contribution is 0.106. The van der Waals surface area contributed by atoms with Crippen LogP contribution in [0, 0.1) is 0 Å². The number of nitrogens with one attached hydrogen (secondary N) is 1. The molecule has 5 heteroatoms. The Labute approximate surface area is 121 Å². The van der Waals surface area contributed by atoms with Gasteiger partial charge in [-0.05, 0) is 36.6 Å². The van der Waals surface area contributed by atoms with Gasteiger partial charge < -0.3 is 10.1 Å². The molecule has 3 rings (SSSR count). The number of halogens is 1. The third-order valence-corrected chi connectivity index (χ3v) is 4.46. The average molecular weight is 325 g/mol. The molecule has 102 valence electrons. The Bertz CT molecular complexity index is 492. The molecular weight excluding hydrogens is 308 g/mol. The van der Waals surface area contributed by atoms with Gasteiger partial charge in [-0.3, -0.25) is 4.90 Å². The van der Waals surface area contributed by atoms with Crippen molar-refractivity contribution < 1.29 is 9.53 Å². The van der Waals surface area contributed by atoms with Gasteiger partial charge in [-0.15, -0.1) is 0 Å². The Morgan fingerprint density at radius 1 is 1.47 bits per heavy atom. The second-order valence-corrected chi connectivity index (χ2v) is 5.98. The number of alkyl carbamates (subject to hydrolysis) is 1. The molecule has 0 radical (unpaired) electrons. The summed E-state index contributed by atoms with van der Waals surface area (Å²) in [6.07, 6.45) is 1.95. The molecule has 4 nitrogen and oxygen atoms in total. The van der Waals surface area contributed by atoms with E-state index in [2.05, 4.69) is 44.3 Å². The van der Waals surface area contributed by atoms with Crippen LogP contribution < -0.4 is 5.32 Å². The molecule has 1 fully saturated rings. The van der Waals surface area contributed by atoms with E-state index in [0.29, 0.717) is 6.54 Å². The summed E-state index contributed by atoms with van der Waals surface area (Å²) < 4.78 is 6.42. The third kappa shape index (κ3) is 2.92. The van der Waals surface area contributed by atoms with Crippen molar-refractivity contribution in [2.24, 2.45) is 0 Å². The molecular formula is C14H17BrN2O2. The van der Waals surface area contributed by atoms with E-state index in [1.807, 2.05) is 0 Å². The van der Waals surface area contributed by atoms with Gasteiger partial charge in [0.15, 0.2) is 0 Å². The lowest BCUT2D eigenvalue weighted by Crippen LogP contribution is -2.34. The third-order valence-electron chi connectivity index (χ3n) is 3.72. The SMILES string of the molecule is O=C1NCC(CN2CCCc3c(Br)cccc3C2)O1. The molecule has 0 aliphatic carbocycles. The number of rotatable bonds is 2. The molecule has 1 aromatic rings. The lowest BCUT2D eigenvalue weighted by atomic mass is 10.0. The van der Waals surface area contributed by atoms with E-state index < -0.39 is 0 Å². The summed E-state index contributed by atoms with van der Waals surface area (Å²) in [5.41, 5.74) is 2.80. The molecule has 1 atom stereocenters. The highest BCUT2D eigenvalue weighted by molar-refractivity contribution is 9.10. The molecule has 1 N–H and O–H groups in total. The number of ether oxygens (including phenoxy) is 1. The molecule has 0 spiro atoms. The summed E-state index contributed by atoms with van der Waals surface area (Å²) in [6, 6.07) is 6.39. The van der Waals surface area contributed by atoms with Gasteiger partial charge in [0.1, 0.15) is 6.10 Å². The smallest absolute Gasteiger partial charge is 0.407 e. The van der Waals surface area contributed by atoms with Gasteiger partial charge in [-0.25, -0.2) is 4.79 Å². The average Bonchev–Trinajstić information content (AvgIpc) is 2.67. The molecule has 0 bridgehead atoms. The normalized spacial score (nSPS) is 23.4. The maximum atomic E-state index is 11.0. The fraction of sp³-hybridized carbons (Fsp3) is 0.500. The fourth-order valence-electron chi connectivity index (χ4n) is 2.81. The van der Waals surface area contributed by atoms with Crippen LogP contribution in [-0.4, -0.2) is 36.7 Å². The van der Waals surface area contributed by atoms with E-state index in [9.17, 15) is 4.79 Å². The van der Waals surface area contributed by atoms with Crippen LogP contribution in [0.2, 0.25) is 0 Å². The van der Waals surface area contributed by atoms with Crippen molar-refractivity contribution in [1.82, 2.24) is 10.2 Å². The molecule has 2 aliphatic heterocycles. The van der Waals surface area contributed by atoms with Gasteiger partial charge in [0, 0.05) is 17.6 Å². The Morgan fingerprint density at radius 3 is 3.16 bits per heavy atom. The predicted octanol–water partition coefficient (Wildman–Crippen LogP) is 2.31. The summed E-state index contributed by atoms with van der Waals surface area (Å²) >= 11 is 3.63. The second-order valence-electron chi connectivity index (χ2n) is 5.12. The number of hydrogen-bond donors (Lipinski definition) is 1. The van der Waals surface area contributed by atoms with E-state index in [4.69, 9.17) is 4.74 Å². The highest BCUT2D eigenvalue weighted by Gasteiger charge is 2.26. The van der Waals surface area contributed by atoms with Gasteiger partial charge in [-0.2, -0.15) is 0 Å². The molecule has 2 heterocycles. The number of hydrogen-bond acceptors (Lipinski definition) is 3. The highest BCUT2D eigenvalue weighted by Crippen LogP contribution is 2.26. The van der Waals surface area contributed by atoms with Gasteiger partial charge >= 0.3 is 6.09 Å². The Kier molecular flexibility index (Phi) is 3.75. The first-order valence-electron chi connectivity index (χ1n) is 6.65. The molecule has 1 aromatic carbocycles. The first-order chi connectivity index (χ1) is 9.22. The van der Waals surface area contributed by atoms with Crippen molar-refractivity contribution >= 4 is 22.0 Å². The Balaban J connectivity index is 1.70. The predicted molar refractivity (Wildman–Crippen MR) is 76.0 cm³/mol. The first-order valence-corrected chi connectivity index (χ1v) is 7.45. The molecule has 0 saturated carbocycles. The zero-order chi connectivity index (χ0) is 13.2. The Morgan fingerprint density at radius 2 is 2.37 bits per heavy atom. The molecule has 1 saturated heterocycles. The maximum Gasteiger partial charge on any atom is 0.407 e. The zero-order valence-electron chi connectivity index (χ0n) is 10.7. The van der Waals surface area contributed by atoms with E-state index in [1.54, 1.807) is 0 Å². The molecule has 19 heavy (non-hydrogen) atoms. The maximum absolute atomic E-state index is 11.0. The van der Waals surface area contributed by atoms with Crippen LogP contribution in [0.15, 0.2) is 22.7 Å². The number of amides is 1. The van der Waals surface area contributed by atoms with Crippen molar-refractivity contribution in [3.63, 3.8) is 0 Å². The van der Waals surface area contributed by atoms with E-state index in [0.717, 1.165) is 32.5 Å². The van der Waals surface area contributed by atoms with Crippen LogP contribution in [0.4, 0.5) is 4.79 Å². The quantitative estimate of drug-likeness (QED) is 0.907. The molecule has 1 amide bonds. The van der Waals surface area contributed by atoms with E-state index in [-0.39, 0.29) is 12.2 Å². The van der Waals surface area contributed by atoms with Crippen molar-refractivity contribution in [1.29, 1.82) is 0 Å². The van der Waals surface area contributed by atoms with E-state index in [1.165, 1.54) is 15.6 Å². The van der Waals surface area contributed by atoms with Crippen LogP contribution in [0.25, 0.3) is 0 Å². The fourth-order valence-corrected chi connectivity index (χ4v) is 3.41. The molecule has 1 unspecified atom stereocenters. The lowest BCUT2D eigenvalue weighted by Gasteiger charge is -2.22. The van der Waals surface area contributed by atoms with Gasteiger partial charge in [-0.1, -0.05) is 28.1 Å². The van der Waals surface area contributed by atoms with Crippen molar-refractivity contribution in [2.45, 2.75) is 25.5 Å². The molecule has 2 aliphatic rings. The van der Waals surface area contributed by atoms with Crippen LogP contribution in [-0.2, 0) is 17.7 Å². The second kappa shape index (κ2) is 5.51. The van der Waals surface area contributed by atoms with Crippen molar-refractivity contribution in [2.75, 3.05) is 19.6 Å². The van der Waals surface area contributed by atoms with Crippen LogP contribution in [0.1, 0.15) is 17.5 Å². The number of carbonyl (C=O) groups is 1. The van der Waals surface area contributed by atoms with Gasteiger partial charge in [0.05, 0.1) is 6.54 Å². The van der Waals surface area contributed by atoms with E-state index >= 15 is 0 Å². The zero-order valence-corrected chi connectivity index (χ0v) is 12.3.